The second-order valence-electron chi connectivity index (χ2n) is 4.14. The molecule has 2 aromatic rings. The predicted molar refractivity (Wildman–Crippen MR) is 84.6 cm³/mol. The monoisotopic (exact) mass is 365 g/mol. The van der Waals surface area contributed by atoms with Gasteiger partial charge in [-0.2, -0.15) is 0 Å². The van der Waals surface area contributed by atoms with E-state index in [4.69, 9.17) is 39.9 Å². The first kappa shape index (κ1) is 16.4. The molecule has 0 unspecified atom stereocenters. The van der Waals surface area contributed by atoms with Crippen molar-refractivity contribution >= 4 is 50.5 Å². The van der Waals surface area contributed by atoms with E-state index >= 15 is 0 Å². The van der Waals surface area contributed by atoms with Gasteiger partial charge < -0.3 is 5.11 Å². The molecule has 0 fully saturated rings. The van der Waals surface area contributed by atoms with Crippen molar-refractivity contribution in [2.75, 3.05) is 4.72 Å². The van der Waals surface area contributed by atoms with E-state index in [2.05, 4.69) is 4.72 Å². The van der Waals surface area contributed by atoms with Gasteiger partial charge in [0, 0.05) is 15.7 Å². The molecule has 0 radical (unpaired) electrons. The number of aliphatic hydroxyl groups excluding tert-OH is 1. The number of sulfonamides is 1. The Bertz CT molecular complexity index is 761. The Hall–Kier alpha value is -0.980. The van der Waals surface area contributed by atoms with Gasteiger partial charge in [-0.3, -0.25) is 4.72 Å². The van der Waals surface area contributed by atoms with Crippen LogP contribution >= 0.6 is 34.8 Å². The third-order valence-corrected chi connectivity index (χ3v) is 5.11. The zero-order chi connectivity index (χ0) is 15.6. The lowest BCUT2D eigenvalue weighted by Gasteiger charge is -2.11. The van der Waals surface area contributed by atoms with Gasteiger partial charge in [0.2, 0.25) is 0 Å². The molecule has 2 rings (SSSR count). The number of hydrogen-bond acceptors (Lipinski definition) is 3. The maximum atomic E-state index is 12.3. The van der Waals surface area contributed by atoms with Crippen molar-refractivity contribution < 1.29 is 13.5 Å². The largest absolute Gasteiger partial charge is 0.392 e. The third kappa shape index (κ3) is 3.81. The van der Waals surface area contributed by atoms with Crippen LogP contribution in [0.2, 0.25) is 15.1 Å². The third-order valence-electron chi connectivity index (χ3n) is 2.66. The summed E-state index contributed by atoms with van der Waals surface area (Å²) in [6, 6.07) is 8.69. The number of aliphatic hydroxyl groups is 1. The standard InChI is InChI=1S/C13H10Cl3NO3S/c14-9-1-3-10(4-2-9)17-21(19,20)13-5-8(7-18)11(15)6-12(13)16/h1-6,17-18H,7H2. The first-order chi connectivity index (χ1) is 9.83. The molecule has 0 aliphatic carbocycles. The van der Waals surface area contributed by atoms with Crippen molar-refractivity contribution in [2.45, 2.75) is 11.5 Å². The normalized spacial score (nSPS) is 11.4. The molecule has 8 heteroatoms. The highest BCUT2D eigenvalue weighted by Gasteiger charge is 2.20. The zero-order valence-electron chi connectivity index (χ0n) is 10.5. The lowest BCUT2D eigenvalue weighted by atomic mass is 10.2. The van der Waals surface area contributed by atoms with Crippen molar-refractivity contribution in [3.05, 3.63) is 57.0 Å². The van der Waals surface area contributed by atoms with Crippen LogP contribution in [0.1, 0.15) is 5.56 Å². The molecule has 0 spiro atoms. The summed E-state index contributed by atoms with van der Waals surface area (Å²) in [5.74, 6) is 0. The van der Waals surface area contributed by atoms with Crippen LogP contribution in [0.3, 0.4) is 0 Å². The highest BCUT2D eigenvalue weighted by atomic mass is 35.5. The highest BCUT2D eigenvalue weighted by Crippen LogP contribution is 2.30. The second-order valence-corrected chi connectivity index (χ2v) is 7.05. The van der Waals surface area contributed by atoms with Crippen LogP contribution in [0.25, 0.3) is 0 Å². The van der Waals surface area contributed by atoms with Gasteiger partial charge in [-0.15, -0.1) is 0 Å². The summed E-state index contributed by atoms with van der Waals surface area (Å²) in [6.45, 7) is -0.389. The average Bonchev–Trinajstić information content (AvgIpc) is 2.41. The summed E-state index contributed by atoms with van der Waals surface area (Å²) < 4.78 is 27.0. The van der Waals surface area contributed by atoms with Gasteiger partial charge >= 0.3 is 0 Å². The van der Waals surface area contributed by atoms with E-state index < -0.39 is 10.0 Å². The molecule has 0 amide bonds. The molecule has 0 saturated carbocycles. The smallest absolute Gasteiger partial charge is 0.263 e. The topological polar surface area (TPSA) is 66.4 Å². The Morgan fingerprint density at radius 1 is 1.00 bits per heavy atom. The summed E-state index contributed by atoms with van der Waals surface area (Å²) >= 11 is 17.5. The number of nitrogens with one attached hydrogen (secondary N) is 1. The van der Waals surface area contributed by atoms with Gasteiger partial charge in [0.15, 0.2) is 0 Å². The van der Waals surface area contributed by atoms with E-state index in [0.717, 1.165) is 0 Å². The SMILES string of the molecule is O=S(=O)(Nc1ccc(Cl)cc1)c1cc(CO)c(Cl)cc1Cl. The summed E-state index contributed by atoms with van der Waals surface area (Å²) in [5.41, 5.74) is 0.619. The fraction of sp³-hybridized carbons (Fsp3) is 0.0769. The summed E-state index contributed by atoms with van der Waals surface area (Å²) in [6.07, 6.45) is 0. The van der Waals surface area contributed by atoms with E-state index in [1.165, 1.54) is 24.3 Å². The molecule has 0 atom stereocenters. The number of halogens is 3. The van der Waals surface area contributed by atoms with Crippen LogP contribution in [0.15, 0.2) is 41.3 Å². The van der Waals surface area contributed by atoms with E-state index in [-0.39, 0.29) is 27.1 Å². The minimum atomic E-state index is -3.90. The van der Waals surface area contributed by atoms with Crippen LogP contribution in [-0.4, -0.2) is 13.5 Å². The highest BCUT2D eigenvalue weighted by molar-refractivity contribution is 7.92. The van der Waals surface area contributed by atoms with Crippen LogP contribution in [0, 0.1) is 0 Å². The first-order valence-electron chi connectivity index (χ1n) is 5.70. The molecule has 0 aromatic heterocycles. The Kier molecular flexibility index (Phi) is 5.01. The molecule has 0 heterocycles. The molecule has 112 valence electrons. The van der Waals surface area contributed by atoms with Crippen LogP contribution < -0.4 is 4.72 Å². The number of anilines is 1. The van der Waals surface area contributed by atoms with E-state index in [1.54, 1.807) is 12.1 Å². The Morgan fingerprint density at radius 2 is 1.62 bits per heavy atom. The number of hydrogen-bond donors (Lipinski definition) is 2. The van der Waals surface area contributed by atoms with Crippen molar-refractivity contribution in [2.24, 2.45) is 0 Å². The Labute approximate surface area is 137 Å². The van der Waals surface area contributed by atoms with Gasteiger partial charge in [-0.05, 0) is 42.0 Å². The van der Waals surface area contributed by atoms with Crippen molar-refractivity contribution in [1.82, 2.24) is 0 Å². The quantitative estimate of drug-likeness (QED) is 0.861. The van der Waals surface area contributed by atoms with Gasteiger partial charge in [0.25, 0.3) is 10.0 Å². The summed E-state index contributed by atoms with van der Waals surface area (Å²) in [7, 11) is -3.90. The molecule has 4 nitrogen and oxygen atoms in total. The average molecular weight is 367 g/mol. The predicted octanol–water partition coefficient (Wildman–Crippen LogP) is 3.94. The van der Waals surface area contributed by atoms with Crippen molar-refractivity contribution in [3.63, 3.8) is 0 Å². The van der Waals surface area contributed by atoms with Crippen molar-refractivity contribution in [3.8, 4) is 0 Å². The molecule has 0 aliphatic heterocycles. The molecule has 2 N–H and O–H groups in total. The van der Waals surface area contributed by atoms with Gasteiger partial charge in [-0.25, -0.2) is 8.42 Å². The fourth-order valence-corrected chi connectivity index (χ4v) is 3.67. The van der Waals surface area contributed by atoms with Crippen LogP contribution in [0.5, 0.6) is 0 Å². The lowest BCUT2D eigenvalue weighted by molar-refractivity contribution is 0.281. The van der Waals surface area contributed by atoms with Crippen molar-refractivity contribution in [1.29, 1.82) is 0 Å². The lowest BCUT2D eigenvalue weighted by Crippen LogP contribution is -2.14. The summed E-state index contributed by atoms with van der Waals surface area (Å²) in [4.78, 5) is -0.160. The minimum Gasteiger partial charge on any atom is -0.392 e. The maximum absolute atomic E-state index is 12.3. The number of benzene rings is 2. The minimum absolute atomic E-state index is 0.0290. The molecule has 0 bridgehead atoms. The molecule has 2 aromatic carbocycles. The van der Waals surface area contributed by atoms with Gasteiger partial charge in [-0.1, -0.05) is 34.8 Å². The van der Waals surface area contributed by atoms with E-state index in [1.807, 2.05) is 0 Å². The maximum Gasteiger partial charge on any atom is 0.263 e. The van der Waals surface area contributed by atoms with E-state index in [0.29, 0.717) is 10.7 Å². The molecule has 0 aliphatic rings. The van der Waals surface area contributed by atoms with Gasteiger partial charge in [0.05, 0.1) is 11.6 Å². The number of rotatable bonds is 4. The second kappa shape index (κ2) is 6.42. The molecule has 0 saturated heterocycles. The summed E-state index contributed by atoms with van der Waals surface area (Å²) in [5, 5.41) is 9.83. The molecule has 21 heavy (non-hydrogen) atoms. The van der Waals surface area contributed by atoms with Gasteiger partial charge in [0.1, 0.15) is 4.90 Å². The Balaban J connectivity index is 2.42. The molecular weight excluding hydrogens is 357 g/mol. The fourth-order valence-electron chi connectivity index (χ4n) is 1.63. The zero-order valence-corrected chi connectivity index (χ0v) is 13.6. The Morgan fingerprint density at radius 3 is 2.19 bits per heavy atom. The van der Waals surface area contributed by atoms with Crippen LogP contribution in [-0.2, 0) is 16.6 Å². The van der Waals surface area contributed by atoms with E-state index in [9.17, 15) is 8.42 Å². The van der Waals surface area contributed by atoms with Crippen LogP contribution in [0.4, 0.5) is 5.69 Å². The molecular formula is C13H10Cl3NO3S. The first-order valence-corrected chi connectivity index (χ1v) is 8.32.